The number of hydrogen-bond donors (Lipinski definition) is 0. The molecule has 0 fully saturated rings. The average molecular weight is 225 g/mol. The lowest BCUT2D eigenvalue weighted by atomic mass is 10.0. The fourth-order valence-corrected chi connectivity index (χ4v) is 1.75. The van der Waals surface area contributed by atoms with Crippen molar-refractivity contribution in [3.05, 3.63) is 34.3 Å². The van der Waals surface area contributed by atoms with Crippen LogP contribution in [0.5, 0.6) is 0 Å². The van der Waals surface area contributed by atoms with Crippen LogP contribution in [0.15, 0.2) is 18.2 Å². The second-order valence-corrected chi connectivity index (χ2v) is 4.20. The molecule has 0 aromatic heterocycles. The van der Waals surface area contributed by atoms with E-state index in [0.29, 0.717) is 11.4 Å². The Bertz CT molecular complexity index is 344. The second kappa shape index (κ2) is 5.92. The van der Waals surface area contributed by atoms with Gasteiger partial charge in [0.15, 0.2) is 5.78 Å². The molecule has 0 saturated carbocycles. The van der Waals surface area contributed by atoms with Gasteiger partial charge in [-0.25, -0.2) is 0 Å². The van der Waals surface area contributed by atoms with Gasteiger partial charge in [0.05, 0.1) is 0 Å². The minimum absolute atomic E-state index is 0.212. The van der Waals surface area contributed by atoms with Crippen molar-refractivity contribution in [2.24, 2.45) is 0 Å². The Morgan fingerprint density at radius 3 is 2.73 bits per heavy atom. The summed E-state index contributed by atoms with van der Waals surface area (Å²) < 4.78 is 0. The van der Waals surface area contributed by atoms with E-state index in [4.69, 9.17) is 11.6 Å². The molecule has 0 bridgehead atoms. The molecule has 0 unspecified atom stereocenters. The summed E-state index contributed by atoms with van der Waals surface area (Å²) in [6, 6.07) is 5.51. The van der Waals surface area contributed by atoms with Gasteiger partial charge in [0.1, 0.15) is 0 Å². The van der Waals surface area contributed by atoms with Crippen LogP contribution in [0.3, 0.4) is 0 Å². The average Bonchev–Trinajstić information content (AvgIpc) is 2.22. The number of Topliss-reactive ketones (excluding diaryl/α,β-unsaturated/α-hetero) is 1. The molecule has 0 heterocycles. The van der Waals surface area contributed by atoms with Crippen LogP contribution >= 0.6 is 11.6 Å². The third-order valence-corrected chi connectivity index (χ3v) is 2.98. The molecule has 0 aliphatic rings. The molecule has 1 rings (SSSR count). The summed E-state index contributed by atoms with van der Waals surface area (Å²) in [5.74, 6) is 0.212. The first kappa shape index (κ1) is 12.3. The maximum absolute atomic E-state index is 11.8. The van der Waals surface area contributed by atoms with Gasteiger partial charge in [-0.1, -0.05) is 43.5 Å². The van der Waals surface area contributed by atoms with E-state index in [0.717, 1.165) is 30.4 Å². The molecule has 15 heavy (non-hydrogen) atoms. The molecule has 1 nitrogen and oxygen atoms in total. The lowest BCUT2D eigenvalue weighted by Crippen LogP contribution is -2.01. The number of halogens is 1. The molecule has 0 spiro atoms. The van der Waals surface area contributed by atoms with E-state index in [1.54, 1.807) is 0 Å². The molecule has 0 radical (unpaired) electrons. The second-order valence-electron chi connectivity index (χ2n) is 3.79. The van der Waals surface area contributed by atoms with Gasteiger partial charge in [-0.15, -0.1) is 0 Å². The summed E-state index contributed by atoms with van der Waals surface area (Å²) in [6.07, 6.45) is 3.86. The van der Waals surface area contributed by atoms with E-state index in [1.807, 2.05) is 25.1 Å². The van der Waals surface area contributed by atoms with Crippen molar-refractivity contribution in [3.63, 3.8) is 0 Å². The molecule has 0 aliphatic carbocycles. The highest BCUT2D eigenvalue weighted by atomic mass is 35.5. The Labute approximate surface area is 96.5 Å². The molecule has 0 saturated heterocycles. The first-order valence-electron chi connectivity index (χ1n) is 5.45. The zero-order valence-corrected chi connectivity index (χ0v) is 10.1. The van der Waals surface area contributed by atoms with Crippen LogP contribution in [0.25, 0.3) is 0 Å². The summed E-state index contributed by atoms with van der Waals surface area (Å²) in [6.45, 7) is 4.03. The lowest BCUT2D eigenvalue weighted by molar-refractivity contribution is 0.0978. The molecule has 0 N–H and O–H groups in total. The van der Waals surface area contributed by atoms with Crippen LogP contribution < -0.4 is 0 Å². The quantitative estimate of drug-likeness (QED) is 0.535. The summed E-state index contributed by atoms with van der Waals surface area (Å²) >= 11 is 5.97. The fraction of sp³-hybridized carbons (Fsp3) is 0.462. The Balaban J connectivity index is 2.69. The van der Waals surface area contributed by atoms with E-state index in [-0.39, 0.29) is 5.78 Å². The molecular weight excluding hydrogens is 208 g/mol. The van der Waals surface area contributed by atoms with Crippen LogP contribution in [0.2, 0.25) is 5.02 Å². The Kier molecular flexibility index (Phi) is 4.83. The van der Waals surface area contributed by atoms with E-state index in [9.17, 15) is 4.79 Å². The van der Waals surface area contributed by atoms with Gasteiger partial charge < -0.3 is 0 Å². The van der Waals surface area contributed by atoms with Crippen LogP contribution in [0, 0.1) is 6.92 Å². The van der Waals surface area contributed by atoms with Gasteiger partial charge in [-0.05, 0) is 25.0 Å². The smallest absolute Gasteiger partial charge is 0.163 e. The summed E-state index contributed by atoms with van der Waals surface area (Å²) in [5.41, 5.74) is 1.68. The monoisotopic (exact) mass is 224 g/mol. The third kappa shape index (κ3) is 3.35. The lowest BCUT2D eigenvalue weighted by Gasteiger charge is -2.05. The molecule has 1 aromatic rings. The van der Waals surface area contributed by atoms with Crippen LogP contribution in [-0.2, 0) is 0 Å². The fourth-order valence-electron chi connectivity index (χ4n) is 1.58. The van der Waals surface area contributed by atoms with Gasteiger partial charge >= 0.3 is 0 Å². The van der Waals surface area contributed by atoms with Gasteiger partial charge in [-0.2, -0.15) is 0 Å². The first-order valence-corrected chi connectivity index (χ1v) is 5.83. The normalized spacial score (nSPS) is 10.3. The number of rotatable bonds is 5. The highest BCUT2D eigenvalue weighted by molar-refractivity contribution is 6.31. The van der Waals surface area contributed by atoms with Crippen molar-refractivity contribution in [1.82, 2.24) is 0 Å². The third-order valence-electron chi connectivity index (χ3n) is 2.58. The van der Waals surface area contributed by atoms with E-state index >= 15 is 0 Å². The van der Waals surface area contributed by atoms with Crippen molar-refractivity contribution in [1.29, 1.82) is 0 Å². The molecule has 1 aromatic carbocycles. The number of hydrogen-bond acceptors (Lipinski definition) is 1. The molecule has 0 aliphatic heterocycles. The zero-order valence-electron chi connectivity index (χ0n) is 9.35. The zero-order chi connectivity index (χ0) is 11.3. The van der Waals surface area contributed by atoms with Crippen molar-refractivity contribution in [2.45, 2.75) is 39.5 Å². The highest BCUT2D eigenvalue weighted by Gasteiger charge is 2.09. The van der Waals surface area contributed by atoms with Crippen molar-refractivity contribution >= 4 is 17.4 Å². The number of carbonyl (C=O) groups is 1. The Hall–Kier alpha value is -0.820. The first-order chi connectivity index (χ1) is 7.16. The van der Waals surface area contributed by atoms with E-state index in [2.05, 4.69) is 6.92 Å². The van der Waals surface area contributed by atoms with Crippen LogP contribution in [0.1, 0.15) is 48.5 Å². The number of unbranched alkanes of at least 4 members (excludes halogenated alkanes) is 2. The van der Waals surface area contributed by atoms with Crippen molar-refractivity contribution < 1.29 is 4.79 Å². The van der Waals surface area contributed by atoms with Gasteiger partial charge in [-0.3, -0.25) is 4.79 Å². The predicted molar refractivity (Wildman–Crippen MR) is 64.7 cm³/mol. The number of carbonyl (C=O) groups excluding carboxylic acids is 1. The van der Waals surface area contributed by atoms with Crippen molar-refractivity contribution in [3.8, 4) is 0 Å². The Morgan fingerprint density at radius 1 is 1.33 bits per heavy atom. The standard InChI is InChI=1S/C13H17ClO/c1-3-4-5-9-13(15)11-7-6-8-12(14)10(11)2/h6-8H,3-5,9H2,1-2H3. The van der Waals surface area contributed by atoms with Gasteiger partial charge in [0, 0.05) is 17.0 Å². The maximum atomic E-state index is 11.8. The van der Waals surface area contributed by atoms with E-state index < -0.39 is 0 Å². The summed E-state index contributed by atoms with van der Waals surface area (Å²) in [7, 11) is 0. The minimum Gasteiger partial charge on any atom is -0.294 e. The molecule has 2 heteroatoms. The van der Waals surface area contributed by atoms with Gasteiger partial charge in [0.2, 0.25) is 0 Å². The van der Waals surface area contributed by atoms with E-state index in [1.165, 1.54) is 0 Å². The van der Waals surface area contributed by atoms with Crippen LogP contribution in [0.4, 0.5) is 0 Å². The van der Waals surface area contributed by atoms with Crippen molar-refractivity contribution in [2.75, 3.05) is 0 Å². The van der Waals surface area contributed by atoms with Crippen LogP contribution in [-0.4, -0.2) is 5.78 Å². The summed E-state index contributed by atoms with van der Waals surface area (Å²) in [4.78, 5) is 11.8. The largest absolute Gasteiger partial charge is 0.294 e. The molecule has 0 atom stereocenters. The highest BCUT2D eigenvalue weighted by Crippen LogP contribution is 2.20. The van der Waals surface area contributed by atoms with Gasteiger partial charge in [0.25, 0.3) is 0 Å². The minimum atomic E-state index is 0.212. The predicted octanol–water partition coefficient (Wildman–Crippen LogP) is 4.41. The molecule has 82 valence electrons. The summed E-state index contributed by atoms with van der Waals surface area (Å²) in [5, 5.41) is 0.677. The molecular formula is C13H17ClO. The number of benzene rings is 1. The molecule has 0 amide bonds. The SMILES string of the molecule is CCCCCC(=O)c1cccc(Cl)c1C. The Morgan fingerprint density at radius 2 is 2.07 bits per heavy atom. The topological polar surface area (TPSA) is 17.1 Å². The maximum Gasteiger partial charge on any atom is 0.163 e. The number of ketones is 1.